The Bertz CT molecular complexity index is 2490. The van der Waals surface area contributed by atoms with E-state index in [0.717, 1.165) is 53.9 Å². The molecular weight excluding hydrogens is 904 g/mol. The third kappa shape index (κ3) is 17.3. The van der Waals surface area contributed by atoms with Crippen LogP contribution in [0.1, 0.15) is 114 Å². The lowest BCUT2D eigenvalue weighted by Crippen LogP contribution is -2.42. The number of rotatable bonds is 23. The van der Waals surface area contributed by atoms with Gasteiger partial charge < -0.3 is 10.0 Å². The summed E-state index contributed by atoms with van der Waals surface area (Å²) in [6, 6.07) is 28.5. The van der Waals surface area contributed by atoms with Crippen LogP contribution in [0.2, 0.25) is 5.02 Å². The smallest absolute Gasteiger partial charge is 0.261 e. The monoisotopic (exact) mass is 970 g/mol. The second kappa shape index (κ2) is 24.6. The number of halogens is 1. The highest BCUT2D eigenvalue weighted by Gasteiger charge is 2.34. The average molecular weight is 972 g/mol. The van der Waals surface area contributed by atoms with Crippen molar-refractivity contribution >= 4 is 64.2 Å². The Kier molecular flexibility index (Phi) is 20.3. The van der Waals surface area contributed by atoms with E-state index in [1.807, 2.05) is 37.3 Å². The van der Waals surface area contributed by atoms with Gasteiger partial charge in [0.15, 0.2) is 19.7 Å². The van der Waals surface area contributed by atoms with Gasteiger partial charge >= 0.3 is 0 Å². The molecule has 0 spiro atoms. The summed E-state index contributed by atoms with van der Waals surface area (Å²) < 4.78 is 74.4. The molecule has 0 saturated carbocycles. The van der Waals surface area contributed by atoms with Gasteiger partial charge in [0.2, 0.25) is 0 Å². The van der Waals surface area contributed by atoms with E-state index in [-0.39, 0.29) is 44.9 Å². The Balaban J connectivity index is 0.000000288. The van der Waals surface area contributed by atoms with Gasteiger partial charge in [0.1, 0.15) is 11.6 Å². The molecule has 0 aliphatic carbocycles. The number of hydrogen-bond donors (Lipinski definition) is 2. The first-order valence-electron chi connectivity index (χ1n) is 22.6. The summed E-state index contributed by atoms with van der Waals surface area (Å²) in [4.78, 5) is 27.1. The minimum absolute atomic E-state index is 0.0827. The van der Waals surface area contributed by atoms with E-state index in [1.165, 1.54) is 12.1 Å². The van der Waals surface area contributed by atoms with E-state index < -0.39 is 35.3 Å². The number of sulfone groups is 2. The Morgan fingerprint density at radius 1 is 0.677 bits per heavy atom. The number of hydrogen-bond acceptors (Lipinski definition) is 10. The van der Waals surface area contributed by atoms with Crippen molar-refractivity contribution in [1.82, 2.24) is 0 Å². The number of ketones is 2. The summed E-state index contributed by atoms with van der Waals surface area (Å²) in [5.74, 6) is 0.643. The number of piperidine rings is 1. The van der Waals surface area contributed by atoms with E-state index in [0.29, 0.717) is 68.5 Å². The van der Waals surface area contributed by atoms with Crippen molar-refractivity contribution in [1.29, 1.82) is 0 Å². The van der Waals surface area contributed by atoms with Crippen molar-refractivity contribution in [3.05, 3.63) is 124 Å². The normalized spacial score (nSPS) is 14.2. The number of nitrogens with one attached hydrogen (secondary N) is 1. The second-order valence-electron chi connectivity index (χ2n) is 17.6. The van der Waals surface area contributed by atoms with Crippen LogP contribution in [-0.2, 0) is 57.7 Å². The van der Waals surface area contributed by atoms with Crippen LogP contribution in [0, 0.1) is 6.92 Å². The highest BCUT2D eigenvalue weighted by atomic mass is 35.5. The van der Waals surface area contributed by atoms with Gasteiger partial charge in [0.25, 0.3) is 10.0 Å². The van der Waals surface area contributed by atoms with Crippen LogP contribution >= 0.6 is 11.6 Å². The van der Waals surface area contributed by atoms with Gasteiger partial charge in [0, 0.05) is 55.2 Å². The number of sulfonamides is 1. The van der Waals surface area contributed by atoms with Crippen molar-refractivity contribution in [2.75, 3.05) is 34.2 Å². The lowest BCUT2D eigenvalue weighted by Gasteiger charge is -2.40. The average Bonchev–Trinajstić information content (AvgIpc) is 3.25. The number of carbonyl (C=O) groups excluding carboxylic acids is 2. The highest BCUT2D eigenvalue weighted by molar-refractivity contribution is 7.93. The van der Waals surface area contributed by atoms with Crippen molar-refractivity contribution in [3.63, 3.8) is 0 Å². The molecule has 0 bridgehead atoms. The second-order valence-corrected chi connectivity index (χ2v) is 25.1. The lowest BCUT2D eigenvalue weighted by atomic mass is 9.84. The van der Waals surface area contributed by atoms with Crippen molar-refractivity contribution in [2.24, 2.45) is 0 Å². The van der Waals surface area contributed by atoms with Gasteiger partial charge in [-0.15, -0.1) is 0 Å². The fourth-order valence-electron chi connectivity index (χ4n) is 7.46. The zero-order chi connectivity index (χ0) is 47.8. The van der Waals surface area contributed by atoms with Gasteiger partial charge in [0.05, 0.1) is 32.5 Å². The SMILES string of the molecule is CC(C)S(=O)(=O)CCCCCC(=O)Cc1ccc(NS(=O)(=O)c2ccccc2)cc1.Cc1cc(N2CCC(O)(c3ccc(Cl)cc3)CC2)ccc1CC(=O)CCCCCS(=O)(=O)C(C)C. The third-order valence-corrected chi connectivity index (χ3v) is 18.2. The maximum Gasteiger partial charge on any atom is 0.261 e. The molecule has 356 valence electrons. The first-order valence-corrected chi connectivity index (χ1v) is 27.9. The summed E-state index contributed by atoms with van der Waals surface area (Å²) >= 11 is 5.99. The summed E-state index contributed by atoms with van der Waals surface area (Å²) in [5, 5.41) is 11.1. The molecule has 65 heavy (non-hydrogen) atoms. The molecule has 1 saturated heterocycles. The molecule has 4 aromatic carbocycles. The Morgan fingerprint density at radius 2 is 1.20 bits per heavy atom. The number of benzene rings is 4. The number of aryl methyl sites for hydroxylation is 1. The van der Waals surface area contributed by atoms with Gasteiger partial charge in [-0.1, -0.05) is 73.0 Å². The fourth-order valence-corrected chi connectivity index (χ4v) is 10.8. The summed E-state index contributed by atoms with van der Waals surface area (Å²) in [6.07, 6.45) is 6.92. The number of unbranched alkanes of at least 4 members (excludes halogenated alkanes) is 4. The van der Waals surface area contributed by atoms with Gasteiger partial charge in [-0.2, -0.15) is 0 Å². The van der Waals surface area contributed by atoms with Crippen molar-refractivity contribution in [3.8, 4) is 0 Å². The van der Waals surface area contributed by atoms with E-state index in [2.05, 4.69) is 21.8 Å². The summed E-state index contributed by atoms with van der Waals surface area (Å²) in [7, 11) is -9.66. The molecule has 15 heteroatoms. The van der Waals surface area contributed by atoms with E-state index in [4.69, 9.17) is 11.6 Å². The topological polar surface area (TPSA) is 172 Å². The van der Waals surface area contributed by atoms with Gasteiger partial charge in [-0.05, 0) is 144 Å². The lowest BCUT2D eigenvalue weighted by molar-refractivity contribution is -0.119. The van der Waals surface area contributed by atoms with Crippen LogP contribution < -0.4 is 9.62 Å². The molecule has 5 rings (SSSR count). The van der Waals surface area contributed by atoms with Crippen LogP contribution in [0.4, 0.5) is 11.4 Å². The molecule has 0 radical (unpaired) electrons. The minimum Gasteiger partial charge on any atom is -0.385 e. The first kappa shape index (κ1) is 53.5. The molecule has 0 unspecified atom stereocenters. The van der Waals surface area contributed by atoms with Crippen molar-refractivity contribution < 1.29 is 39.9 Å². The molecule has 1 aliphatic heterocycles. The Hall–Kier alpha value is -4.08. The molecule has 0 atom stereocenters. The number of nitrogens with zero attached hydrogens (tertiary/aromatic N) is 1. The summed E-state index contributed by atoms with van der Waals surface area (Å²) in [6.45, 7) is 10.3. The first-order chi connectivity index (χ1) is 30.6. The molecular formula is C50H67ClN2O9S3. The molecule has 1 heterocycles. The van der Waals surface area contributed by atoms with Crippen molar-refractivity contribution in [2.45, 2.75) is 133 Å². The van der Waals surface area contributed by atoms with Crippen LogP contribution in [-0.4, -0.2) is 77.0 Å². The van der Waals surface area contributed by atoms with E-state index in [9.17, 15) is 39.9 Å². The highest BCUT2D eigenvalue weighted by Crippen LogP contribution is 2.35. The number of aliphatic hydroxyl groups is 1. The largest absolute Gasteiger partial charge is 0.385 e. The van der Waals surface area contributed by atoms with E-state index in [1.54, 1.807) is 70.2 Å². The predicted octanol–water partition coefficient (Wildman–Crippen LogP) is 9.61. The van der Waals surface area contributed by atoms with Gasteiger partial charge in [-0.25, -0.2) is 25.3 Å². The fraction of sp³-hybridized carbons (Fsp3) is 0.480. The molecule has 2 N–H and O–H groups in total. The zero-order valence-corrected chi connectivity index (χ0v) is 41.7. The quantitative estimate of drug-likeness (QED) is 0.0682. The Labute approximate surface area is 393 Å². The Morgan fingerprint density at radius 3 is 1.71 bits per heavy atom. The third-order valence-electron chi connectivity index (χ3n) is 11.9. The van der Waals surface area contributed by atoms with Crippen LogP contribution in [0.3, 0.4) is 0 Å². The maximum absolute atomic E-state index is 12.5. The summed E-state index contributed by atoms with van der Waals surface area (Å²) in [5.41, 5.74) is 4.57. The molecule has 4 aromatic rings. The number of carbonyl (C=O) groups is 2. The molecule has 0 amide bonds. The van der Waals surface area contributed by atoms with Crippen LogP contribution in [0.25, 0.3) is 0 Å². The predicted molar refractivity (Wildman–Crippen MR) is 264 cm³/mol. The molecule has 1 aliphatic rings. The number of Topliss-reactive ketones (excluding diaryl/α,β-unsaturated/α-hetero) is 2. The zero-order valence-electron chi connectivity index (χ0n) is 38.5. The standard InChI is InChI=1S/C28H38ClNO4S.C22H29NO5S2/c1-21(2)35(33,34)18-6-4-5-7-27(31)20-23-8-13-26(19-22(23)3)30-16-14-28(32,15-17-30)24-9-11-25(29)12-10-24;1-18(2)29(25,26)16-8-4-5-9-21(24)17-19-12-14-20(15-13-19)23-30(27,28)22-10-6-3-7-11-22/h8-13,19,21,32H,4-7,14-18,20H2,1-3H3;3,6-7,10-15,18,23H,4-5,8-9,16-17H2,1-2H3. The van der Waals surface area contributed by atoms with Crippen LogP contribution in [0.15, 0.2) is 102 Å². The minimum atomic E-state index is -3.64. The maximum atomic E-state index is 12.5. The van der Waals surface area contributed by atoms with E-state index >= 15 is 0 Å². The molecule has 11 nitrogen and oxygen atoms in total. The van der Waals surface area contributed by atoms with Gasteiger partial charge in [-0.3, -0.25) is 14.3 Å². The number of anilines is 2. The molecule has 1 fully saturated rings. The molecule has 0 aromatic heterocycles. The van der Waals surface area contributed by atoms with Crippen LogP contribution in [0.5, 0.6) is 0 Å².